The topological polar surface area (TPSA) is 33.5 Å². The molecule has 0 amide bonds. The lowest BCUT2D eigenvalue weighted by atomic mass is 10.1. The van der Waals surface area contributed by atoms with Crippen molar-refractivity contribution < 1.29 is 4.42 Å². The van der Waals surface area contributed by atoms with Crippen LogP contribution in [-0.4, -0.2) is 14.1 Å². The van der Waals surface area contributed by atoms with Crippen LogP contribution in [0.1, 0.15) is 0 Å². The second-order valence-electron chi connectivity index (χ2n) is 4.65. The van der Waals surface area contributed by atoms with Gasteiger partial charge in [0.2, 0.25) is 5.43 Å². The molecule has 0 atom stereocenters. The Morgan fingerprint density at radius 2 is 1.63 bits per heavy atom. The molecular formula is C15H12BrNO2. The largest absolute Gasteiger partial charge is 0.456 e. The van der Waals surface area contributed by atoms with Gasteiger partial charge >= 0.3 is 0 Å². The van der Waals surface area contributed by atoms with E-state index in [0.717, 1.165) is 10.2 Å². The highest BCUT2D eigenvalue weighted by atomic mass is 79.9. The first-order valence-corrected chi connectivity index (χ1v) is 6.69. The van der Waals surface area contributed by atoms with Crippen LogP contribution in [0.25, 0.3) is 21.9 Å². The fourth-order valence-corrected chi connectivity index (χ4v) is 2.43. The first-order chi connectivity index (χ1) is 9.06. The summed E-state index contributed by atoms with van der Waals surface area (Å²) in [6, 6.07) is 11.1. The van der Waals surface area contributed by atoms with E-state index in [1.807, 2.05) is 49.3 Å². The van der Waals surface area contributed by atoms with Gasteiger partial charge in [0.25, 0.3) is 0 Å². The zero-order valence-corrected chi connectivity index (χ0v) is 12.2. The second kappa shape index (κ2) is 4.38. The maximum atomic E-state index is 12.4. The van der Waals surface area contributed by atoms with Crippen LogP contribution in [-0.2, 0) is 0 Å². The van der Waals surface area contributed by atoms with Gasteiger partial charge in [-0.1, -0.05) is 15.9 Å². The second-order valence-corrected chi connectivity index (χ2v) is 5.56. The fraction of sp³-hybridized carbons (Fsp3) is 0.133. The van der Waals surface area contributed by atoms with Crippen LogP contribution >= 0.6 is 15.9 Å². The minimum Gasteiger partial charge on any atom is -0.456 e. The summed E-state index contributed by atoms with van der Waals surface area (Å²) in [6.07, 6.45) is 0. The van der Waals surface area contributed by atoms with Crippen LogP contribution in [0.15, 0.2) is 50.1 Å². The molecule has 0 radical (unpaired) electrons. The third-order valence-electron chi connectivity index (χ3n) is 3.13. The van der Waals surface area contributed by atoms with E-state index in [1.54, 1.807) is 6.07 Å². The first-order valence-electron chi connectivity index (χ1n) is 5.90. The van der Waals surface area contributed by atoms with Crippen LogP contribution in [0.2, 0.25) is 0 Å². The van der Waals surface area contributed by atoms with Gasteiger partial charge in [0.15, 0.2) is 0 Å². The summed E-state index contributed by atoms with van der Waals surface area (Å²) in [5, 5.41) is 1.22. The minimum atomic E-state index is 0.00839. The van der Waals surface area contributed by atoms with Gasteiger partial charge in [-0.2, -0.15) is 0 Å². The van der Waals surface area contributed by atoms with Crippen molar-refractivity contribution in [1.82, 2.24) is 0 Å². The van der Waals surface area contributed by atoms with Gasteiger partial charge in [0.05, 0.1) is 10.8 Å². The van der Waals surface area contributed by atoms with Crippen molar-refractivity contribution >= 4 is 43.6 Å². The van der Waals surface area contributed by atoms with Gasteiger partial charge < -0.3 is 9.32 Å². The zero-order chi connectivity index (χ0) is 13.6. The molecule has 0 saturated carbocycles. The summed E-state index contributed by atoms with van der Waals surface area (Å²) in [4.78, 5) is 14.4. The number of nitrogens with zero attached hydrogens (tertiary/aromatic N) is 1. The molecular weight excluding hydrogens is 306 g/mol. The van der Waals surface area contributed by atoms with Crippen molar-refractivity contribution in [2.24, 2.45) is 0 Å². The Kier molecular flexibility index (Phi) is 2.82. The molecule has 19 heavy (non-hydrogen) atoms. The number of halogens is 1. The van der Waals surface area contributed by atoms with Crippen molar-refractivity contribution in [2.45, 2.75) is 0 Å². The average Bonchev–Trinajstić information content (AvgIpc) is 2.37. The van der Waals surface area contributed by atoms with E-state index in [-0.39, 0.29) is 5.43 Å². The van der Waals surface area contributed by atoms with Crippen molar-refractivity contribution in [2.75, 3.05) is 19.0 Å². The Labute approximate surface area is 118 Å². The molecule has 0 aliphatic carbocycles. The summed E-state index contributed by atoms with van der Waals surface area (Å²) >= 11 is 3.39. The quantitative estimate of drug-likeness (QED) is 0.640. The van der Waals surface area contributed by atoms with Gasteiger partial charge in [-0.15, -0.1) is 0 Å². The lowest BCUT2D eigenvalue weighted by Gasteiger charge is -2.12. The minimum absolute atomic E-state index is 0.00839. The number of rotatable bonds is 1. The molecule has 0 aliphatic heterocycles. The lowest BCUT2D eigenvalue weighted by Crippen LogP contribution is -2.09. The fourth-order valence-electron chi connectivity index (χ4n) is 2.09. The predicted octanol–water partition coefficient (Wildman–Crippen LogP) is 3.77. The summed E-state index contributed by atoms with van der Waals surface area (Å²) in [5.41, 5.74) is 2.23. The number of hydrogen-bond donors (Lipinski definition) is 0. The highest BCUT2D eigenvalue weighted by Crippen LogP contribution is 2.24. The van der Waals surface area contributed by atoms with Gasteiger partial charge in [-0.25, -0.2) is 0 Å². The van der Waals surface area contributed by atoms with E-state index in [0.29, 0.717) is 21.9 Å². The van der Waals surface area contributed by atoms with Crippen LogP contribution in [0.3, 0.4) is 0 Å². The van der Waals surface area contributed by atoms with E-state index in [9.17, 15) is 4.79 Å². The molecule has 0 aliphatic rings. The summed E-state index contributed by atoms with van der Waals surface area (Å²) in [5.74, 6) is 0. The maximum Gasteiger partial charge on any atom is 0.200 e. The molecule has 1 aromatic heterocycles. The maximum absolute atomic E-state index is 12.4. The van der Waals surface area contributed by atoms with Gasteiger partial charge in [0.1, 0.15) is 11.2 Å². The van der Waals surface area contributed by atoms with E-state index in [2.05, 4.69) is 15.9 Å². The van der Waals surface area contributed by atoms with E-state index >= 15 is 0 Å². The molecule has 0 fully saturated rings. The van der Waals surface area contributed by atoms with Crippen LogP contribution < -0.4 is 10.3 Å². The normalized spacial score (nSPS) is 11.1. The monoisotopic (exact) mass is 317 g/mol. The molecule has 3 rings (SSSR count). The van der Waals surface area contributed by atoms with Crippen molar-refractivity contribution in [1.29, 1.82) is 0 Å². The van der Waals surface area contributed by atoms with Crippen molar-refractivity contribution in [3.05, 3.63) is 51.1 Å². The smallest absolute Gasteiger partial charge is 0.200 e. The van der Waals surface area contributed by atoms with E-state index < -0.39 is 0 Å². The van der Waals surface area contributed by atoms with Crippen LogP contribution in [0, 0.1) is 0 Å². The number of benzene rings is 2. The van der Waals surface area contributed by atoms with Gasteiger partial charge in [-0.05, 0) is 30.3 Å². The number of hydrogen-bond acceptors (Lipinski definition) is 3. The third-order valence-corrected chi connectivity index (χ3v) is 3.63. The Bertz CT molecular complexity index is 837. The predicted molar refractivity (Wildman–Crippen MR) is 82.0 cm³/mol. The Balaban J connectivity index is 2.43. The molecule has 4 heteroatoms. The molecule has 3 aromatic rings. The van der Waals surface area contributed by atoms with Crippen molar-refractivity contribution in [3.8, 4) is 0 Å². The average molecular weight is 318 g/mol. The summed E-state index contributed by atoms with van der Waals surface area (Å²) in [6.45, 7) is 0. The molecule has 0 unspecified atom stereocenters. The molecule has 3 nitrogen and oxygen atoms in total. The molecule has 0 spiro atoms. The first kappa shape index (κ1) is 12.2. The summed E-state index contributed by atoms with van der Waals surface area (Å²) in [7, 11) is 3.91. The standard InChI is InChI=1S/C15H12BrNO2/c1-17(2)10-4-6-12-14(8-10)19-13-7-9(16)3-5-11(13)15(12)18/h3-8H,1-2H3. The molecule has 0 saturated heterocycles. The number of anilines is 1. The highest BCUT2D eigenvalue weighted by molar-refractivity contribution is 9.10. The molecule has 96 valence electrons. The molecule has 0 bridgehead atoms. The molecule has 2 aromatic carbocycles. The SMILES string of the molecule is CN(C)c1ccc2c(=O)c3ccc(Br)cc3oc2c1. The highest BCUT2D eigenvalue weighted by Gasteiger charge is 2.09. The van der Waals surface area contributed by atoms with Crippen LogP contribution in [0.5, 0.6) is 0 Å². The van der Waals surface area contributed by atoms with Gasteiger partial charge in [-0.3, -0.25) is 4.79 Å². The van der Waals surface area contributed by atoms with Crippen molar-refractivity contribution in [3.63, 3.8) is 0 Å². The van der Waals surface area contributed by atoms with E-state index in [1.165, 1.54) is 0 Å². The zero-order valence-electron chi connectivity index (χ0n) is 10.6. The van der Waals surface area contributed by atoms with Gasteiger partial charge in [0, 0.05) is 30.3 Å². The Morgan fingerprint density at radius 3 is 2.32 bits per heavy atom. The number of fused-ring (bicyclic) bond motifs is 2. The Morgan fingerprint density at radius 1 is 1.00 bits per heavy atom. The summed E-state index contributed by atoms with van der Waals surface area (Å²) < 4.78 is 6.74. The lowest BCUT2D eigenvalue weighted by molar-refractivity contribution is 0.659. The van der Waals surface area contributed by atoms with Crippen LogP contribution in [0.4, 0.5) is 5.69 Å². The molecule has 1 heterocycles. The molecule has 0 N–H and O–H groups in total. The third kappa shape index (κ3) is 2.02. The van der Waals surface area contributed by atoms with E-state index in [4.69, 9.17) is 4.42 Å². The Hall–Kier alpha value is -1.81.